The number of amidine groups is 1. The van der Waals surface area contributed by atoms with Gasteiger partial charge in [0.1, 0.15) is 11.5 Å². The molecule has 8 rings (SSSR count). The van der Waals surface area contributed by atoms with Gasteiger partial charge in [0.25, 0.3) is 5.84 Å². The lowest BCUT2D eigenvalue weighted by atomic mass is 9.85. The molecule has 0 radical (unpaired) electrons. The van der Waals surface area contributed by atoms with Crippen LogP contribution in [0.3, 0.4) is 0 Å². The molecule has 0 atom stereocenters. The number of aryl methyl sites for hydroxylation is 2. The second-order valence-corrected chi connectivity index (χ2v) is 12.2. The van der Waals surface area contributed by atoms with Crippen LogP contribution >= 0.6 is 15.9 Å². The van der Waals surface area contributed by atoms with Crippen molar-refractivity contribution in [3.8, 4) is 28.1 Å². The van der Waals surface area contributed by atoms with E-state index >= 15 is 8.63 Å². The van der Waals surface area contributed by atoms with E-state index in [1.165, 1.54) is 8.96 Å². The Hall–Kier alpha value is -4.56. The number of nitrogens with zero attached hydrogens (tertiary/aromatic N) is 3. The molecule has 0 saturated carbocycles. The Bertz CT molecular complexity index is 2080. The first-order chi connectivity index (χ1) is 21.4. The topological polar surface area (TPSA) is 29.5 Å². The largest absolute Gasteiger partial charge is 0.642 e. The molecule has 4 aromatic carbocycles. The van der Waals surface area contributed by atoms with E-state index in [0.29, 0.717) is 45.0 Å². The Kier molecular flexibility index (Phi) is 6.14. The number of ether oxygens (including phenoxy) is 1. The molecule has 0 fully saturated rings. The Morgan fingerprint density at radius 2 is 1.52 bits per heavy atom. The fourth-order valence-corrected chi connectivity index (χ4v) is 7.72. The molecule has 0 N–H and O–H groups in total. The number of aliphatic imine (C=N–C) groups is 1. The maximum absolute atomic E-state index is 17.8. The fourth-order valence-electron chi connectivity index (χ4n) is 6.89. The van der Waals surface area contributed by atoms with Crippen molar-refractivity contribution in [2.24, 2.45) is 4.99 Å². The van der Waals surface area contributed by atoms with Gasteiger partial charge in [-0.05, 0) is 86.7 Å². The van der Waals surface area contributed by atoms with Gasteiger partial charge in [-0.25, -0.2) is 0 Å². The predicted octanol–water partition coefficient (Wildman–Crippen LogP) is 8.83. The number of allylic oxidation sites excluding steroid dienone is 1. The summed E-state index contributed by atoms with van der Waals surface area (Å²) in [6.07, 6.45) is 1.35. The third-order valence-electron chi connectivity index (χ3n) is 8.90. The molecule has 4 nitrogen and oxygen atoms in total. The molecule has 0 spiro atoms. The summed E-state index contributed by atoms with van der Waals surface area (Å²) in [5.74, 6) is 1.26. The number of hydrogen-bond donors (Lipinski definition) is 0. The highest BCUT2D eigenvalue weighted by Gasteiger charge is 2.56. The van der Waals surface area contributed by atoms with E-state index in [1.54, 1.807) is 7.11 Å². The second kappa shape index (κ2) is 9.99. The van der Waals surface area contributed by atoms with Crippen molar-refractivity contribution in [2.75, 3.05) is 7.11 Å². The monoisotopic (exact) mass is 645 g/mol. The molecule has 0 bridgehead atoms. The van der Waals surface area contributed by atoms with Gasteiger partial charge in [0, 0.05) is 11.3 Å². The van der Waals surface area contributed by atoms with E-state index in [0.717, 1.165) is 45.4 Å². The molecule has 3 aliphatic rings. The summed E-state index contributed by atoms with van der Waals surface area (Å²) in [6.45, 7) is -2.41. The van der Waals surface area contributed by atoms with E-state index in [1.807, 2.05) is 110 Å². The molecule has 1 aliphatic carbocycles. The third kappa shape index (κ3) is 3.86. The van der Waals surface area contributed by atoms with Gasteiger partial charge in [-0.3, -0.25) is 0 Å². The Balaban J connectivity index is 1.50. The Morgan fingerprint density at radius 3 is 2.20 bits per heavy atom. The summed E-state index contributed by atoms with van der Waals surface area (Å²) in [6, 6.07) is 32.9. The normalized spacial score (nSPS) is 16.2. The molecule has 3 heterocycles. The van der Waals surface area contributed by atoms with Gasteiger partial charge in [-0.2, -0.15) is 0 Å². The SMILES string of the molecule is COc1ccc2c(c1)CCc1c(-c3ccccc3)c3n(c1-2)[B-](F)(F)[N+]1=C(c2ccc(C)cc2)C(Br)=C(c2ccccc2)C1=N3. The summed E-state index contributed by atoms with van der Waals surface area (Å²) in [5.41, 5.74) is 8.49. The van der Waals surface area contributed by atoms with Crippen LogP contribution in [0.4, 0.5) is 14.4 Å². The van der Waals surface area contributed by atoms with Crippen LogP contribution in [0.15, 0.2) is 113 Å². The third-order valence-corrected chi connectivity index (χ3v) is 9.67. The van der Waals surface area contributed by atoms with Gasteiger partial charge in [0.15, 0.2) is 0 Å². The zero-order valence-electron chi connectivity index (χ0n) is 24.2. The number of halogens is 3. The quantitative estimate of drug-likeness (QED) is 0.180. The van der Waals surface area contributed by atoms with Crippen LogP contribution in [-0.2, 0) is 12.8 Å². The standard InChI is InChI=1S/C36H27BBrF2N3O/c1-22-13-15-25(16-14-22)33-32(38)31(24-11-7-4-8-12-24)36-41-35-30(23-9-5-3-6-10-23)29-19-17-26-21-27(44-2)18-20-28(26)34(29)43(35)37(39,40)42(33)36/h3-16,18,20-21H,17,19H2,1-2H3. The number of benzene rings is 4. The van der Waals surface area contributed by atoms with Gasteiger partial charge in [-0.1, -0.05) is 90.5 Å². The summed E-state index contributed by atoms with van der Waals surface area (Å²) in [7, 11) is 1.63. The maximum Gasteiger partial charge on any atom is 0.642 e. The number of hydrogen-bond acceptors (Lipinski definition) is 2. The number of methoxy groups -OCH3 is 1. The lowest BCUT2D eigenvalue weighted by molar-refractivity contribution is -0.291. The lowest BCUT2D eigenvalue weighted by Crippen LogP contribution is -2.53. The Morgan fingerprint density at radius 1 is 0.841 bits per heavy atom. The number of aromatic nitrogens is 1. The van der Waals surface area contributed by atoms with Crippen LogP contribution in [0.25, 0.3) is 28.0 Å². The van der Waals surface area contributed by atoms with Crippen molar-refractivity contribution in [3.63, 3.8) is 0 Å². The zero-order valence-corrected chi connectivity index (χ0v) is 25.8. The van der Waals surface area contributed by atoms with Crippen molar-refractivity contribution < 1.29 is 17.9 Å². The first-order valence-electron chi connectivity index (χ1n) is 14.7. The van der Waals surface area contributed by atoms with Crippen LogP contribution < -0.4 is 4.74 Å². The van der Waals surface area contributed by atoms with E-state index in [2.05, 4.69) is 15.9 Å². The lowest BCUT2D eigenvalue weighted by Gasteiger charge is -2.33. The molecule has 2 aliphatic heterocycles. The minimum absolute atomic E-state index is 0.248. The van der Waals surface area contributed by atoms with Crippen molar-refractivity contribution in [2.45, 2.75) is 19.8 Å². The average molecular weight is 646 g/mol. The first-order valence-corrected chi connectivity index (χ1v) is 15.5. The highest BCUT2D eigenvalue weighted by Crippen LogP contribution is 2.52. The molecule has 8 heteroatoms. The zero-order chi connectivity index (χ0) is 30.2. The van der Waals surface area contributed by atoms with Crippen LogP contribution in [0.2, 0.25) is 0 Å². The molecular weight excluding hydrogens is 619 g/mol. The van der Waals surface area contributed by atoms with E-state index < -0.39 is 6.97 Å². The minimum Gasteiger partial charge on any atom is -0.497 e. The van der Waals surface area contributed by atoms with Crippen molar-refractivity contribution in [1.82, 2.24) is 4.48 Å². The fraction of sp³-hybridized carbons (Fsp3) is 0.111. The number of rotatable bonds is 4. The smallest absolute Gasteiger partial charge is 0.497 e. The van der Waals surface area contributed by atoms with Crippen LogP contribution in [-0.4, -0.2) is 34.6 Å². The van der Waals surface area contributed by atoms with Crippen molar-refractivity contribution in [1.29, 1.82) is 0 Å². The predicted molar refractivity (Wildman–Crippen MR) is 178 cm³/mol. The van der Waals surface area contributed by atoms with E-state index in [9.17, 15) is 0 Å². The van der Waals surface area contributed by atoms with Gasteiger partial charge < -0.3 is 22.3 Å². The van der Waals surface area contributed by atoms with Crippen LogP contribution in [0, 0.1) is 6.92 Å². The average Bonchev–Trinajstić information content (AvgIpc) is 3.55. The molecule has 0 unspecified atom stereocenters. The van der Waals surface area contributed by atoms with Crippen LogP contribution in [0.1, 0.15) is 27.8 Å². The van der Waals surface area contributed by atoms with Crippen molar-refractivity contribution in [3.05, 3.63) is 135 Å². The Labute approximate surface area is 262 Å². The highest BCUT2D eigenvalue weighted by atomic mass is 79.9. The van der Waals surface area contributed by atoms with Crippen molar-refractivity contribution >= 4 is 45.8 Å². The molecular formula is C36H27BBrF2N3O. The molecule has 0 amide bonds. The minimum atomic E-state index is -4.40. The van der Waals surface area contributed by atoms with E-state index in [4.69, 9.17) is 9.73 Å². The molecule has 216 valence electrons. The molecule has 5 aromatic rings. The van der Waals surface area contributed by atoms with Gasteiger partial charge in [0.2, 0.25) is 5.82 Å². The van der Waals surface area contributed by atoms with Gasteiger partial charge in [0.05, 0.1) is 22.7 Å². The molecule has 1 aromatic heterocycles. The molecule has 44 heavy (non-hydrogen) atoms. The first kappa shape index (κ1) is 27.0. The summed E-state index contributed by atoms with van der Waals surface area (Å²) in [5, 5.41) is 0. The summed E-state index contributed by atoms with van der Waals surface area (Å²) in [4.78, 5) is 5.20. The van der Waals surface area contributed by atoms with Gasteiger partial charge in [-0.15, -0.1) is 0 Å². The highest BCUT2D eigenvalue weighted by molar-refractivity contribution is 9.12. The second-order valence-electron chi connectivity index (χ2n) is 11.4. The maximum atomic E-state index is 17.8. The van der Waals surface area contributed by atoms with Crippen LogP contribution in [0.5, 0.6) is 5.75 Å². The summed E-state index contributed by atoms with van der Waals surface area (Å²) >= 11 is 3.79. The molecule has 0 saturated heterocycles. The number of fused-ring (bicyclic) bond motifs is 6. The van der Waals surface area contributed by atoms with Gasteiger partial charge >= 0.3 is 6.97 Å². The van der Waals surface area contributed by atoms with E-state index in [-0.39, 0.29) is 5.84 Å². The summed E-state index contributed by atoms with van der Waals surface area (Å²) < 4.78 is 44.0.